The van der Waals surface area contributed by atoms with Gasteiger partial charge in [0.05, 0.1) is 33.1 Å². The van der Waals surface area contributed by atoms with Crippen molar-refractivity contribution in [1.82, 2.24) is 20.5 Å². The first-order valence-electron chi connectivity index (χ1n) is 16.9. The SMILES string of the molecule is CC[C@@H](C)[C@H](Nc1ccc2c(cc1=O)[C@@H](NC(C)=O)CCc1cc(OC)c(OC)c(OC)c1-2)C(=O)Nc1n[nH]c(CCC2CCCC2)n1. The number of methoxy groups -OCH3 is 3. The van der Waals surface area contributed by atoms with E-state index in [1.165, 1.54) is 32.6 Å². The second-order valence-electron chi connectivity index (χ2n) is 12.9. The number of amides is 2. The van der Waals surface area contributed by atoms with E-state index in [2.05, 4.69) is 31.1 Å². The van der Waals surface area contributed by atoms with Crippen LogP contribution in [0.4, 0.5) is 11.6 Å². The molecular weight excluding hydrogens is 612 g/mol. The van der Waals surface area contributed by atoms with Crippen LogP contribution in [0, 0.1) is 11.8 Å². The number of rotatable bonds is 13. The van der Waals surface area contributed by atoms with Gasteiger partial charge in [0.2, 0.25) is 28.9 Å². The molecule has 2 aliphatic carbocycles. The summed E-state index contributed by atoms with van der Waals surface area (Å²) in [7, 11) is 4.67. The summed E-state index contributed by atoms with van der Waals surface area (Å²) in [6.07, 6.45) is 8.78. The van der Waals surface area contributed by atoms with Crippen molar-refractivity contribution in [3.63, 3.8) is 0 Å². The molecule has 4 N–H and O–H groups in total. The van der Waals surface area contributed by atoms with Crippen LogP contribution >= 0.6 is 0 Å². The minimum absolute atomic E-state index is 0.127. The third kappa shape index (κ3) is 7.58. The summed E-state index contributed by atoms with van der Waals surface area (Å²) in [5.74, 6) is 2.44. The lowest BCUT2D eigenvalue weighted by Crippen LogP contribution is -2.41. The average molecular weight is 661 g/mol. The molecule has 5 rings (SSSR count). The van der Waals surface area contributed by atoms with Gasteiger partial charge in [-0.05, 0) is 66.0 Å². The van der Waals surface area contributed by atoms with Crippen LogP contribution in [0.2, 0.25) is 0 Å². The van der Waals surface area contributed by atoms with E-state index in [0.29, 0.717) is 47.6 Å². The van der Waals surface area contributed by atoms with Gasteiger partial charge in [-0.25, -0.2) is 0 Å². The van der Waals surface area contributed by atoms with E-state index < -0.39 is 12.1 Å². The number of hydrogen-bond donors (Lipinski definition) is 4. The first-order valence-corrected chi connectivity index (χ1v) is 16.9. The number of anilines is 2. The molecule has 3 aromatic rings. The maximum Gasteiger partial charge on any atom is 0.249 e. The van der Waals surface area contributed by atoms with Crippen molar-refractivity contribution in [3.8, 4) is 28.4 Å². The Kier molecular flexibility index (Phi) is 11.2. The number of H-pyrrole nitrogens is 1. The molecule has 12 heteroatoms. The molecule has 12 nitrogen and oxygen atoms in total. The molecule has 0 aliphatic heterocycles. The van der Waals surface area contributed by atoms with Crippen LogP contribution < -0.4 is 35.6 Å². The molecule has 1 saturated carbocycles. The normalized spacial score (nSPS) is 16.9. The van der Waals surface area contributed by atoms with E-state index in [1.807, 2.05) is 26.0 Å². The maximum absolute atomic E-state index is 13.9. The molecule has 0 saturated heterocycles. The zero-order valence-electron chi connectivity index (χ0n) is 28.8. The second kappa shape index (κ2) is 15.5. The molecule has 0 unspecified atom stereocenters. The van der Waals surface area contributed by atoms with E-state index in [1.54, 1.807) is 33.5 Å². The topological polar surface area (TPSA) is 157 Å². The fourth-order valence-corrected chi connectivity index (χ4v) is 6.99. The number of nitrogens with one attached hydrogen (secondary N) is 4. The lowest BCUT2D eigenvalue weighted by molar-refractivity contribution is -0.120. The molecule has 2 amide bonds. The zero-order chi connectivity index (χ0) is 34.4. The van der Waals surface area contributed by atoms with E-state index >= 15 is 0 Å². The lowest BCUT2D eigenvalue weighted by atomic mass is 9.95. The van der Waals surface area contributed by atoms with Gasteiger partial charge in [-0.3, -0.25) is 24.8 Å². The number of hydrogen-bond acceptors (Lipinski definition) is 9. The van der Waals surface area contributed by atoms with E-state index in [0.717, 1.165) is 35.7 Å². The van der Waals surface area contributed by atoms with Crippen LogP contribution in [0.5, 0.6) is 17.2 Å². The predicted molar refractivity (Wildman–Crippen MR) is 185 cm³/mol. The summed E-state index contributed by atoms with van der Waals surface area (Å²) in [6, 6.07) is 5.79. The highest BCUT2D eigenvalue weighted by atomic mass is 16.5. The van der Waals surface area contributed by atoms with E-state index in [-0.39, 0.29) is 34.8 Å². The van der Waals surface area contributed by atoms with Crippen LogP contribution in [0.3, 0.4) is 0 Å². The fraction of sp³-hybridized carbons (Fsp3) is 0.528. The van der Waals surface area contributed by atoms with Crippen LogP contribution in [0.25, 0.3) is 11.1 Å². The molecule has 2 aliphatic rings. The number of aryl methyl sites for hydroxylation is 2. The maximum atomic E-state index is 13.9. The zero-order valence-corrected chi connectivity index (χ0v) is 28.8. The highest BCUT2D eigenvalue weighted by Gasteiger charge is 2.31. The number of carbonyl (C=O) groups excluding carboxylic acids is 2. The monoisotopic (exact) mass is 660 g/mol. The van der Waals surface area contributed by atoms with Gasteiger partial charge < -0.3 is 24.8 Å². The minimum Gasteiger partial charge on any atom is -0.493 e. The van der Waals surface area contributed by atoms with Crippen LogP contribution in [-0.4, -0.2) is 54.4 Å². The number of fused-ring (bicyclic) bond motifs is 3. The largest absolute Gasteiger partial charge is 0.493 e. The van der Waals surface area contributed by atoms with Crippen molar-refractivity contribution in [2.24, 2.45) is 11.8 Å². The van der Waals surface area contributed by atoms with Gasteiger partial charge in [-0.1, -0.05) is 52.0 Å². The van der Waals surface area contributed by atoms with Gasteiger partial charge in [0, 0.05) is 18.9 Å². The summed E-state index contributed by atoms with van der Waals surface area (Å²) in [5, 5.41) is 16.3. The van der Waals surface area contributed by atoms with Crippen molar-refractivity contribution in [2.45, 2.75) is 90.6 Å². The Bertz CT molecular complexity index is 1680. The highest BCUT2D eigenvalue weighted by Crippen LogP contribution is 2.50. The first kappa shape index (κ1) is 34.7. The van der Waals surface area contributed by atoms with E-state index in [9.17, 15) is 14.4 Å². The van der Waals surface area contributed by atoms with Crippen molar-refractivity contribution < 1.29 is 23.8 Å². The fourth-order valence-electron chi connectivity index (χ4n) is 6.99. The van der Waals surface area contributed by atoms with Crippen molar-refractivity contribution >= 4 is 23.5 Å². The minimum atomic E-state index is -0.748. The number of aromatic nitrogens is 3. The number of aromatic amines is 1. The molecule has 258 valence electrons. The molecule has 3 atom stereocenters. The van der Waals surface area contributed by atoms with Crippen molar-refractivity contribution in [3.05, 3.63) is 51.4 Å². The number of nitrogens with zero attached hydrogens (tertiary/aromatic N) is 2. The lowest BCUT2D eigenvalue weighted by Gasteiger charge is -2.23. The Hall–Kier alpha value is -4.61. The highest BCUT2D eigenvalue weighted by molar-refractivity contribution is 5.95. The van der Waals surface area contributed by atoms with Crippen LogP contribution in [0.1, 0.15) is 88.7 Å². The Balaban J connectivity index is 1.49. The van der Waals surface area contributed by atoms with Gasteiger partial charge in [-0.2, -0.15) is 4.98 Å². The van der Waals surface area contributed by atoms with Crippen molar-refractivity contribution in [1.29, 1.82) is 0 Å². The molecular formula is C36H48N6O6. The second-order valence-corrected chi connectivity index (χ2v) is 12.9. The number of carbonyl (C=O) groups is 2. The van der Waals surface area contributed by atoms with Crippen molar-refractivity contribution in [2.75, 3.05) is 32.0 Å². The predicted octanol–water partition coefficient (Wildman–Crippen LogP) is 5.57. The van der Waals surface area contributed by atoms with Gasteiger partial charge in [0.25, 0.3) is 0 Å². The molecule has 0 bridgehead atoms. The Morgan fingerprint density at radius 2 is 1.79 bits per heavy atom. The standard InChI is InChI=1S/C36H48N6O6/c1-7-20(2)32(35(45)40-36-39-30(41-42-36)17-12-22-10-8-9-11-22)38-27-16-14-24-25(19-28(27)44)26(37-21(3)43)15-13-23-18-29(46-4)33(47-5)34(48-6)31(23)24/h14,16,18-20,22,26,32H,7-13,15,17H2,1-6H3,(H,37,43)(H,38,44)(H2,39,40,41,42,45)/t20-,26+,32+/m1/s1. The van der Waals surface area contributed by atoms with Gasteiger partial charge in [-0.15, -0.1) is 5.10 Å². The molecule has 1 heterocycles. The average Bonchev–Trinajstić information content (AvgIpc) is 3.71. The summed E-state index contributed by atoms with van der Waals surface area (Å²) < 4.78 is 17.2. The first-order chi connectivity index (χ1) is 23.2. The molecule has 1 aromatic heterocycles. The molecule has 1 fully saturated rings. The molecule has 0 radical (unpaired) electrons. The van der Waals surface area contributed by atoms with Crippen LogP contribution in [0.15, 0.2) is 29.1 Å². The summed E-state index contributed by atoms with van der Waals surface area (Å²) in [5.41, 5.74) is 2.96. The van der Waals surface area contributed by atoms with Gasteiger partial charge >= 0.3 is 0 Å². The quantitative estimate of drug-likeness (QED) is 0.184. The van der Waals surface area contributed by atoms with E-state index in [4.69, 9.17) is 14.2 Å². The van der Waals surface area contributed by atoms with Gasteiger partial charge in [0.1, 0.15) is 11.9 Å². The van der Waals surface area contributed by atoms with Gasteiger partial charge in [0.15, 0.2) is 11.5 Å². The summed E-state index contributed by atoms with van der Waals surface area (Å²) in [4.78, 5) is 44.4. The summed E-state index contributed by atoms with van der Waals surface area (Å²) in [6.45, 7) is 5.41. The Morgan fingerprint density at radius 1 is 1.04 bits per heavy atom. The molecule has 2 aromatic carbocycles. The number of benzene rings is 1. The summed E-state index contributed by atoms with van der Waals surface area (Å²) >= 11 is 0. The third-order valence-electron chi connectivity index (χ3n) is 9.75. The molecule has 48 heavy (non-hydrogen) atoms. The Labute approximate surface area is 281 Å². The Morgan fingerprint density at radius 3 is 2.46 bits per heavy atom. The molecule has 0 spiro atoms. The third-order valence-corrected chi connectivity index (χ3v) is 9.75. The number of ether oxygens (including phenoxy) is 3. The smallest absolute Gasteiger partial charge is 0.249 e. The van der Waals surface area contributed by atoms with Crippen LogP contribution in [-0.2, 0) is 22.4 Å².